The smallest absolute Gasteiger partial charge is 0.238 e. The van der Waals surface area contributed by atoms with Crippen LogP contribution in [-0.2, 0) is 4.79 Å². The molecule has 4 nitrogen and oxygen atoms in total. The van der Waals surface area contributed by atoms with Crippen LogP contribution in [0.3, 0.4) is 0 Å². The summed E-state index contributed by atoms with van der Waals surface area (Å²) in [4.78, 5) is 16.9. The van der Waals surface area contributed by atoms with Crippen molar-refractivity contribution in [1.82, 2.24) is 9.80 Å². The van der Waals surface area contributed by atoms with Crippen molar-refractivity contribution in [2.24, 2.45) is 0 Å². The fraction of sp³-hybridized carbons (Fsp3) is 0.611. The van der Waals surface area contributed by atoms with Gasteiger partial charge in [-0.05, 0) is 50.9 Å². The summed E-state index contributed by atoms with van der Waals surface area (Å²) < 4.78 is 13.6. The van der Waals surface area contributed by atoms with Crippen molar-refractivity contribution in [3.8, 4) is 0 Å². The fourth-order valence-electron chi connectivity index (χ4n) is 3.68. The number of benzene rings is 1. The monoisotopic (exact) mass is 319 g/mol. The van der Waals surface area contributed by atoms with Crippen molar-refractivity contribution in [3.05, 3.63) is 30.1 Å². The van der Waals surface area contributed by atoms with E-state index in [1.54, 1.807) is 18.2 Å². The molecule has 1 amide bonds. The van der Waals surface area contributed by atoms with Gasteiger partial charge in [0.1, 0.15) is 5.82 Å². The number of hydrogen-bond donors (Lipinski definition) is 1. The molecule has 126 valence electrons. The van der Waals surface area contributed by atoms with Crippen LogP contribution in [0.2, 0.25) is 0 Å². The molecule has 2 heterocycles. The molecular formula is C18H26FN3O. The highest BCUT2D eigenvalue weighted by molar-refractivity contribution is 5.92. The van der Waals surface area contributed by atoms with Gasteiger partial charge in [0.2, 0.25) is 5.91 Å². The van der Waals surface area contributed by atoms with E-state index in [0.717, 1.165) is 25.9 Å². The highest BCUT2D eigenvalue weighted by Gasteiger charge is 2.26. The topological polar surface area (TPSA) is 35.6 Å². The number of amides is 1. The van der Waals surface area contributed by atoms with Gasteiger partial charge in [-0.25, -0.2) is 4.39 Å². The summed E-state index contributed by atoms with van der Waals surface area (Å²) in [6.07, 6.45) is 6.28. The lowest BCUT2D eigenvalue weighted by Crippen LogP contribution is -2.48. The molecule has 0 bridgehead atoms. The number of carbonyl (C=O) groups excluding carboxylic acids is 1. The van der Waals surface area contributed by atoms with E-state index in [4.69, 9.17) is 0 Å². The minimum atomic E-state index is -0.385. The number of piperidine rings is 2. The molecule has 0 aliphatic carbocycles. The zero-order valence-electron chi connectivity index (χ0n) is 13.6. The summed E-state index contributed by atoms with van der Waals surface area (Å²) in [7, 11) is 0. The molecule has 0 atom stereocenters. The third-order valence-corrected chi connectivity index (χ3v) is 4.98. The minimum absolute atomic E-state index is 0.133. The molecule has 2 aliphatic heterocycles. The largest absolute Gasteiger partial charge is 0.322 e. The van der Waals surface area contributed by atoms with E-state index in [1.165, 1.54) is 38.4 Å². The molecule has 1 aromatic rings. The van der Waals surface area contributed by atoms with Crippen LogP contribution in [0.25, 0.3) is 0 Å². The number of hydrogen-bond acceptors (Lipinski definition) is 3. The number of likely N-dealkylation sites (tertiary alicyclic amines) is 2. The summed E-state index contributed by atoms with van der Waals surface area (Å²) in [6, 6.07) is 6.98. The first-order valence-corrected chi connectivity index (χ1v) is 8.73. The van der Waals surface area contributed by atoms with Gasteiger partial charge in [0.15, 0.2) is 0 Å². The summed E-state index contributed by atoms with van der Waals surface area (Å²) >= 11 is 0. The SMILES string of the molecule is O=C(CN1CCC(N2CCCCC2)CC1)Nc1ccccc1F. The first-order chi connectivity index (χ1) is 11.2. The van der Waals surface area contributed by atoms with E-state index >= 15 is 0 Å². The lowest BCUT2D eigenvalue weighted by atomic mass is 10.00. The lowest BCUT2D eigenvalue weighted by Gasteiger charge is -2.40. The van der Waals surface area contributed by atoms with Gasteiger partial charge in [0.05, 0.1) is 12.2 Å². The maximum Gasteiger partial charge on any atom is 0.238 e. The van der Waals surface area contributed by atoms with Gasteiger partial charge in [-0.15, -0.1) is 0 Å². The van der Waals surface area contributed by atoms with Crippen LogP contribution in [0.5, 0.6) is 0 Å². The van der Waals surface area contributed by atoms with Crippen LogP contribution >= 0.6 is 0 Å². The van der Waals surface area contributed by atoms with E-state index in [9.17, 15) is 9.18 Å². The van der Waals surface area contributed by atoms with E-state index in [1.807, 2.05) is 0 Å². The second kappa shape index (κ2) is 7.88. The number of anilines is 1. The van der Waals surface area contributed by atoms with Crippen molar-refractivity contribution >= 4 is 11.6 Å². The summed E-state index contributed by atoms with van der Waals surface area (Å²) in [6.45, 7) is 4.72. The Kier molecular flexibility index (Phi) is 5.62. The Balaban J connectivity index is 1.43. The Morgan fingerprint density at radius 3 is 2.48 bits per heavy atom. The Bertz CT molecular complexity index is 523. The number of para-hydroxylation sites is 1. The zero-order valence-corrected chi connectivity index (χ0v) is 13.6. The molecule has 0 aromatic heterocycles. The van der Waals surface area contributed by atoms with Crippen molar-refractivity contribution in [1.29, 1.82) is 0 Å². The second-order valence-corrected chi connectivity index (χ2v) is 6.63. The minimum Gasteiger partial charge on any atom is -0.322 e. The van der Waals surface area contributed by atoms with Gasteiger partial charge in [-0.3, -0.25) is 9.69 Å². The van der Waals surface area contributed by atoms with Crippen molar-refractivity contribution in [2.75, 3.05) is 38.0 Å². The molecule has 1 N–H and O–H groups in total. The second-order valence-electron chi connectivity index (χ2n) is 6.63. The first-order valence-electron chi connectivity index (χ1n) is 8.73. The van der Waals surface area contributed by atoms with E-state index < -0.39 is 0 Å². The van der Waals surface area contributed by atoms with E-state index in [0.29, 0.717) is 12.6 Å². The molecule has 2 aliphatic rings. The van der Waals surface area contributed by atoms with Gasteiger partial charge < -0.3 is 10.2 Å². The van der Waals surface area contributed by atoms with Crippen LogP contribution in [0.15, 0.2) is 24.3 Å². The highest BCUT2D eigenvalue weighted by Crippen LogP contribution is 2.21. The number of halogens is 1. The maximum absolute atomic E-state index is 13.6. The molecule has 2 fully saturated rings. The van der Waals surface area contributed by atoms with E-state index in [-0.39, 0.29) is 17.4 Å². The van der Waals surface area contributed by atoms with Gasteiger partial charge in [0, 0.05) is 19.1 Å². The number of nitrogens with one attached hydrogen (secondary N) is 1. The van der Waals surface area contributed by atoms with Crippen LogP contribution in [0.1, 0.15) is 32.1 Å². The highest BCUT2D eigenvalue weighted by atomic mass is 19.1. The summed E-state index contributed by atoms with van der Waals surface area (Å²) in [5, 5.41) is 2.67. The molecule has 3 rings (SSSR count). The van der Waals surface area contributed by atoms with E-state index in [2.05, 4.69) is 15.1 Å². The molecule has 0 spiro atoms. The lowest BCUT2D eigenvalue weighted by molar-refractivity contribution is -0.117. The summed E-state index contributed by atoms with van der Waals surface area (Å²) in [5.41, 5.74) is 0.265. The van der Waals surface area contributed by atoms with Crippen molar-refractivity contribution in [3.63, 3.8) is 0 Å². The third-order valence-electron chi connectivity index (χ3n) is 4.98. The third kappa shape index (κ3) is 4.52. The molecular weight excluding hydrogens is 293 g/mol. The Labute approximate surface area is 137 Å². The maximum atomic E-state index is 13.6. The average molecular weight is 319 g/mol. The van der Waals surface area contributed by atoms with Crippen LogP contribution in [-0.4, -0.2) is 54.5 Å². The normalized spacial score (nSPS) is 21.3. The molecule has 23 heavy (non-hydrogen) atoms. The van der Waals surface area contributed by atoms with Gasteiger partial charge in [0.25, 0.3) is 0 Å². The predicted molar refractivity (Wildman–Crippen MR) is 89.9 cm³/mol. The van der Waals surface area contributed by atoms with Crippen molar-refractivity contribution < 1.29 is 9.18 Å². The van der Waals surface area contributed by atoms with Gasteiger partial charge in [-0.1, -0.05) is 18.6 Å². The van der Waals surface area contributed by atoms with Crippen LogP contribution in [0.4, 0.5) is 10.1 Å². The number of nitrogens with zero attached hydrogens (tertiary/aromatic N) is 2. The van der Waals surface area contributed by atoms with Gasteiger partial charge in [-0.2, -0.15) is 0 Å². The Hall–Kier alpha value is -1.46. The zero-order chi connectivity index (χ0) is 16.1. The standard InChI is InChI=1S/C18H26FN3O/c19-16-6-2-3-7-17(16)20-18(23)14-21-12-8-15(9-13-21)22-10-4-1-5-11-22/h2-3,6-7,15H,1,4-5,8-14H2,(H,20,23). The van der Waals surface area contributed by atoms with Crippen LogP contribution in [0, 0.1) is 5.82 Å². The number of carbonyl (C=O) groups is 1. The molecule has 5 heteroatoms. The molecule has 1 aromatic carbocycles. The molecule has 2 saturated heterocycles. The number of rotatable bonds is 4. The molecule has 0 radical (unpaired) electrons. The van der Waals surface area contributed by atoms with Crippen LogP contribution < -0.4 is 5.32 Å². The average Bonchev–Trinajstić information content (AvgIpc) is 2.58. The summed E-state index contributed by atoms with van der Waals surface area (Å²) in [5.74, 6) is -0.517. The molecule has 0 unspecified atom stereocenters. The first kappa shape index (κ1) is 16.4. The van der Waals surface area contributed by atoms with Gasteiger partial charge >= 0.3 is 0 Å². The Morgan fingerprint density at radius 1 is 1.09 bits per heavy atom. The fourth-order valence-corrected chi connectivity index (χ4v) is 3.68. The predicted octanol–water partition coefficient (Wildman–Crippen LogP) is 2.71. The Morgan fingerprint density at radius 2 is 1.78 bits per heavy atom. The van der Waals surface area contributed by atoms with Crippen molar-refractivity contribution in [2.45, 2.75) is 38.1 Å². The quantitative estimate of drug-likeness (QED) is 0.927. The molecule has 0 saturated carbocycles.